The van der Waals surface area contributed by atoms with Gasteiger partial charge in [-0.15, -0.1) is 0 Å². The Hall–Kier alpha value is -1.29. The highest BCUT2D eigenvalue weighted by Gasteiger charge is 2.01. The number of nitrogen functional groups attached to an aromatic ring is 1. The van der Waals surface area contributed by atoms with Gasteiger partial charge in [0.2, 0.25) is 0 Å². The minimum absolute atomic E-state index is 0.598. The van der Waals surface area contributed by atoms with Crippen LogP contribution in [0.25, 0.3) is 0 Å². The molecule has 0 bridgehead atoms. The first kappa shape index (κ1) is 7.81. The van der Waals surface area contributed by atoms with E-state index < -0.39 is 0 Å². The topological polar surface area (TPSA) is 68.2 Å². The second-order valence-corrected chi connectivity index (χ2v) is 2.50. The molecule has 0 aliphatic heterocycles. The van der Waals surface area contributed by atoms with Crippen molar-refractivity contribution in [1.82, 2.24) is 4.98 Å². The van der Waals surface area contributed by atoms with Crippen molar-refractivity contribution in [3.05, 3.63) is 18.0 Å². The van der Waals surface area contributed by atoms with Gasteiger partial charge in [0.15, 0.2) is 0 Å². The monoisotopic (exact) mass is 152 g/mol. The van der Waals surface area contributed by atoms with Crippen molar-refractivity contribution < 1.29 is 0 Å². The van der Waals surface area contributed by atoms with Crippen LogP contribution in [0, 0.1) is 6.92 Å². The Bertz CT molecular complexity index is 257. The second-order valence-electron chi connectivity index (χ2n) is 2.50. The van der Waals surface area contributed by atoms with Crippen molar-refractivity contribution in [2.75, 3.05) is 17.8 Å². The quantitative estimate of drug-likeness (QED) is 0.448. The zero-order valence-electron chi connectivity index (χ0n) is 6.70. The van der Waals surface area contributed by atoms with Crippen LogP contribution < -0.4 is 16.6 Å². The molecule has 4 heteroatoms. The molecule has 4 nitrogen and oxygen atoms in total. The number of pyridine rings is 1. The fourth-order valence-corrected chi connectivity index (χ4v) is 0.861. The van der Waals surface area contributed by atoms with Gasteiger partial charge in [0.25, 0.3) is 0 Å². The van der Waals surface area contributed by atoms with Crippen molar-refractivity contribution in [2.24, 2.45) is 5.84 Å². The molecule has 0 aliphatic rings. The molecule has 11 heavy (non-hydrogen) atoms. The Balaban J connectivity index is 3.13. The number of nitrogens with zero attached hydrogens (tertiary/aromatic N) is 2. The van der Waals surface area contributed by atoms with Crippen LogP contribution in [0.5, 0.6) is 0 Å². The van der Waals surface area contributed by atoms with Crippen LogP contribution in [-0.2, 0) is 0 Å². The van der Waals surface area contributed by atoms with Crippen LogP contribution in [0.15, 0.2) is 12.3 Å². The molecule has 0 radical (unpaired) electrons. The van der Waals surface area contributed by atoms with E-state index in [4.69, 9.17) is 11.6 Å². The predicted molar refractivity (Wildman–Crippen MR) is 46.0 cm³/mol. The first-order valence-electron chi connectivity index (χ1n) is 3.32. The number of hydrazine groups is 1. The largest absolute Gasteiger partial charge is 0.396 e. The van der Waals surface area contributed by atoms with E-state index in [0.717, 1.165) is 11.4 Å². The van der Waals surface area contributed by atoms with Gasteiger partial charge in [0, 0.05) is 12.7 Å². The lowest BCUT2D eigenvalue weighted by Crippen LogP contribution is -2.26. The summed E-state index contributed by atoms with van der Waals surface area (Å²) in [6, 6.07) is 1.84. The van der Waals surface area contributed by atoms with Gasteiger partial charge in [-0.05, 0) is 13.0 Å². The third-order valence-electron chi connectivity index (χ3n) is 1.43. The number of aryl methyl sites for hydroxylation is 1. The molecule has 1 heterocycles. The van der Waals surface area contributed by atoms with Gasteiger partial charge in [-0.2, -0.15) is 0 Å². The lowest BCUT2D eigenvalue weighted by molar-refractivity contribution is 1.01. The summed E-state index contributed by atoms with van der Waals surface area (Å²) in [6.45, 7) is 1.90. The summed E-state index contributed by atoms with van der Waals surface area (Å²) in [6.07, 6.45) is 1.61. The number of aromatic nitrogens is 1. The van der Waals surface area contributed by atoms with Crippen molar-refractivity contribution in [3.8, 4) is 0 Å². The van der Waals surface area contributed by atoms with Crippen LogP contribution in [0.1, 0.15) is 5.69 Å². The summed E-state index contributed by atoms with van der Waals surface area (Å²) in [4.78, 5) is 4.01. The summed E-state index contributed by atoms with van der Waals surface area (Å²) in [7, 11) is 1.74. The molecule has 0 aliphatic carbocycles. The average molecular weight is 152 g/mol. The third-order valence-corrected chi connectivity index (χ3v) is 1.43. The van der Waals surface area contributed by atoms with Gasteiger partial charge in [-0.1, -0.05) is 0 Å². The van der Waals surface area contributed by atoms with E-state index in [1.165, 1.54) is 5.01 Å². The molecule has 0 unspecified atom stereocenters. The Morgan fingerprint density at radius 3 is 2.64 bits per heavy atom. The molecule has 0 saturated carbocycles. The molecule has 0 saturated heterocycles. The maximum atomic E-state index is 5.61. The van der Waals surface area contributed by atoms with Crippen LogP contribution >= 0.6 is 0 Å². The molecular formula is C7H12N4. The number of anilines is 2. The SMILES string of the molecule is Cc1cc(N(C)N)c(N)cn1. The van der Waals surface area contributed by atoms with Gasteiger partial charge >= 0.3 is 0 Å². The minimum atomic E-state index is 0.598. The molecule has 4 N–H and O–H groups in total. The maximum Gasteiger partial charge on any atom is 0.0777 e. The number of hydrogen-bond donors (Lipinski definition) is 2. The zero-order valence-corrected chi connectivity index (χ0v) is 6.70. The highest BCUT2D eigenvalue weighted by molar-refractivity contribution is 5.65. The van der Waals surface area contributed by atoms with Crippen LogP contribution in [0.3, 0.4) is 0 Å². The fourth-order valence-electron chi connectivity index (χ4n) is 0.861. The lowest BCUT2D eigenvalue weighted by Gasteiger charge is -2.14. The first-order valence-corrected chi connectivity index (χ1v) is 3.32. The predicted octanol–water partition coefficient (Wildman–Crippen LogP) is 0.282. The van der Waals surface area contributed by atoms with E-state index in [1.807, 2.05) is 13.0 Å². The Labute approximate surface area is 65.8 Å². The van der Waals surface area contributed by atoms with Crippen molar-refractivity contribution in [1.29, 1.82) is 0 Å². The third kappa shape index (κ3) is 1.59. The number of hydrogen-bond acceptors (Lipinski definition) is 4. The minimum Gasteiger partial charge on any atom is -0.396 e. The highest BCUT2D eigenvalue weighted by atomic mass is 15.4. The Morgan fingerprint density at radius 1 is 1.55 bits per heavy atom. The molecule has 1 aromatic heterocycles. The molecular weight excluding hydrogens is 140 g/mol. The smallest absolute Gasteiger partial charge is 0.0777 e. The summed E-state index contributed by atoms with van der Waals surface area (Å²) < 4.78 is 0. The van der Waals surface area contributed by atoms with E-state index in [-0.39, 0.29) is 0 Å². The molecule has 0 spiro atoms. The highest BCUT2D eigenvalue weighted by Crippen LogP contribution is 2.18. The fraction of sp³-hybridized carbons (Fsp3) is 0.286. The van der Waals surface area contributed by atoms with Crippen molar-refractivity contribution >= 4 is 11.4 Å². The van der Waals surface area contributed by atoms with Crippen LogP contribution in [0.2, 0.25) is 0 Å². The van der Waals surface area contributed by atoms with E-state index in [0.29, 0.717) is 5.69 Å². The summed E-state index contributed by atoms with van der Waals surface area (Å²) in [5.74, 6) is 5.51. The summed E-state index contributed by atoms with van der Waals surface area (Å²) in [5.41, 5.74) is 7.92. The maximum absolute atomic E-state index is 5.61. The second kappa shape index (κ2) is 2.75. The van der Waals surface area contributed by atoms with Gasteiger partial charge in [0.1, 0.15) is 0 Å². The summed E-state index contributed by atoms with van der Waals surface area (Å²) in [5, 5.41) is 1.48. The first-order chi connectivity index (χ1) is 5.11. The molecule has 60 valence electrons. The Kier molecular flexibility index (Phi) is 1.96. The van der Waals surface area contributed by atoms with E-state index in [9.17, 15) is 0 Å². The van der Waals surface area contributed by atoms with E-state index >= 15 is 0 Å². The van der Waals surface area contributed by atoms with Gasteiger partial charge in [-0.25, -0.2) is 5.84 Å². The molecule has 1 aromatic rings. The zero-order chi connectivity index (χ0) is 8.43. The molecule has 1 rings (SSSR count). The van der Waals surface area contributed by atoms with Crippen molar-refractivity contribution in [3.63, 3.8) is 0 Å². The summed E-state index contributed by atoms with van der Waals surface area (Å²) >= 11 is 0. The van der Waals surface area contributed by atoms with E-state index in [1.54, 1.807) is 13.2 Å². The molecule has 0 amide bonds. The lowest BCUT2D eigenvalue weighted by atomic mass is 10.3. The van der Waals surface area contributed by atoms with Gasteiger partial charge < -0.3 is 10.7 Å². The number of rotatable bonds is 1. The Morgan fingerprint density at radius 2 is 2.18 bits per heavy atom. The molecule has 0 atom stereocenters. The standard InChI is InChI=1S/C7H12N4/c1-5-3-7(11(2)9)6(8)4-10-5/h3-4H,8-9H2,1-2H3. The van der Waals surface area contributed by atoms with Crippen molar-refractivity contribution in [2.45, 2.75) is 6.92 Å². The normalized spacial score (nSPS) is 9.73. The molecule has 0 aromatic carbocycles. The van der Waals surface area contributed by atoms with Crippen LogP contribution in [-0.4, -0.2) is 12.0 Å². The van der Waals surface area contributed by atoms with Crippen LogP contribution in [0.4, 0.5) is 11.4 Å². The van der Waals surface area contributed by atoms with Gasteiger partial charge in [-0.3, -0.25) is 4.98 Å². The number of nitrogens with two attached hydrogens (primary N) is 2. The van der Waals surface area contributed by atoms with Gasteiger partial charge in [0.05, 0.1) is 17.6 Å². The average Bonchev–Trinajstić information content (AvgIpc) is 1.94. The van der Waals surface area contributed by atoms with E-state index in [2.05, 4.69) is 4.98 Å². The molecule has 0 fully saturated rings.